The number of anilines is 1. The van der Waals surface area contributed by atoms with Crippen LogP contribution in [0, 0.1) is 0 Å². The van der Waals surface area contributed by atoms with Crippen molar-refractivity contribution in [1.29, 1.82) is 0 Å². The highest BCUT2D eigenvalue weighted by atomic mass is 16.5. The van der Waals surface area contributed by atoms with Gasteiger partial charge < -0.3 is 20.9 Å². The number of carbonyl (C=O) groups excluding carboxylic acids is 1. The zero-order valence-corrected chi connectivity index (χ0v) is 11.0. The molecule has 0 heterocycles. The second-order valence-electron chi connectivity index (χ2n) is 4.59. The predicted octanol–water partition coefficient (Wildman–Crippen LogP) is 1.25. The molecule has 1 amide bonds. The van der Waals surface area contributed by atoms with Gasteiger partial charge in [0.2, 0.25) is 5.91 Å². The summed E-state index contributed by atoms with van der Waals surface area (Å²) in [6, 6.07) is 5.11. The summed E-state index contributed by atoms with van der Waals surface area (Å²) in [5.74, 6) is 0.334. The molecular formula is C13H20N2O3. The molecular weight excluding hydrogens is 232 g/mol. The molecule has 5 nitrogen and oxygen atoms in total. The maximum Gasteiger partial charge on any atom is 0.243 e. The summed E-state index contributed by atoms with van der Waals surface area (Å²) in [5.41, 5.74) is 5.96. The van der Waals surface area contributed by atoms with E-state index in [1.807, 2.05) is 6.92 Å². The lowest BCUT2D eigenvalue weighted by Crippen LogP contribution is -2.45. The van der Waals surface area contributed by atoms with E-state index >= 15 is 0 Å². The van der Waals surface area contributed by atoms with E-state index in [4.69, 9.17) is 10.5 Å². The highest BCUT2D eigenvalue weighted by Crippen LogP contribution is 2.23. The van der Waals surface area contributed by atoms with Gasteiger partial charge in [0.1, 0.15) is 5.75 Å². The van der Waals surface area contributed by atoms with E-state index in [1.54, 1.807) is 32.0 Å². The van der Waals surface area contributed by atoms with E-state index in [0.717, 1.165) is 0 Å². The van der Waals surface area contributed by atoms with Gasteiger partial charge in [-0.2, -0.15) is 0 Å². The third-order valence-corrected chi connectivity index (χ3v) is 2.37. The average Bonchev–Trinajstić information content (AvgIpc) is 2.30. The zero-order valence-electron chi connectivity index (χ0n) is 11.0. The number of benzene rings is 1. The van der Waals surface area contributed by atoms with E-state index in [1.165, 1.54) is 0 Å². The van der Waals surface area contributed by atoms with Crippen LogP contribution in [-0.2, 0) is 11.4 Å². The van der Waals surface area contributed by atoms with Gasteiger partial charge in [-0.1, -0.05) is 0 Å². The minimum absolute atomic E-state index is 0.148. The molecule has 0 atom stereocenters. The maximum absolute atomic E-state index is 11.7. The van der Waals surface area contributed by atoms with E-state index in [9.17, 15) is 9.90 Å². The second-order valence-corrected chi connectivity index (χ2v) is 4.59. The van der Waals surface area contributed by atoms with Gasteiger partial charge in [0.05, 0.1) is 18.8 Å². The first-order chi connectivity index (χ1) is 8.38. The number of aliphatic hydroxyl groups is 1. The molecule has 1 aromatic carbocycles. The van der Waals surface area contributed by atoms with Crippen molar-refractivity contribution in [2.24, 2.45) is 5.73 Å². The van der Waals surface area contributed by atoms with Gasteiger partial charge >= 0.3 is 0 Å². The van der Waals surface area contributed by atoms with Crippen LogP contribution >= 0.6 is 0 Å². The normalized spacial score (nSPS) is 11.2. The van der Waals surface area contributed by atoms with Gasteiger partial charge in [-0.15, -0.1) is 0 Å². The monoisotopic (exact) mass is 252 g/mol. The second kappa shape index (κ2) is 5.84. The molecule has 0 aliphatic heterocycles. The Morgan fingerprint density at radius 2 is 2.17 bits per heavy atom. The van der Waals surface area contributed by atoms with Crippen molar-refractivity contribution in [2.75, 3.05) is 11.9 Å². The number of nitrogens with one attached hydrogen (secondary N) is 1. The number of nitrogens with two attached hydrogens (primary N) is 1. The van der Waals surface area contributed by atoms with Crippen LogP contribution in [0.4, 0.5) is 5.69 Å². The molecule has 1 aromatic rings. The molecule has 0 saturated carbocycles. The number of ether oxygens (including phenoxy) is 1. The molecule has 0 spiro atoms. The molecule has 100 valence electrons. The van der Waals surface area contributed by atoms with Crippen LogP contribution in [0.1, 0.15) is 26.3 Å². The van der Waals surface area contributed by atoms with Crippen molar-refractivity contribution in [3.8, 4) is 5.75 Å². The van der Waals surface area contributed by atoms with Crippen molar-refractivity contribution >= 4 is 11.6 Å². The SMILES string of the molecule is CCOc1ccc(NC(=O)C(C)(C)N)cc1CO. The molecule has 0 aliphatic rings. The largest absolute Gasteiger partial charge is 0.494 e. The first kappa shape index (κ1) is 14.5. The van der Waals surface area contributed by atoms with Crippen molar-refractivity contribution in [2.45, 2.75) is 32.9 Å². The summed E-state index contributed by atoms with van der Waals surface area (Å²) >= 11 is 0. The smallest absolute Gasteiger partial charge is 0.243 e. The third-order valence-electron chi connectivity index (χ3n) is 2.37. The summed E-state index contributed by atoms with van der Waals surface area (Å²) in [6.07, 6.45) is 0. The molecule has 18 heavy (non-hydrogen) atoms. The minimum Gasteiger partial charge on any atom is -0.494 e. The van der Waals surface area contributed by atoms with Crippen LogP contribution in [-0.4, -0.2) is 23.2 Å². The van der Waals surface area contributed by atoms with Crippen molar-refractivity contribution in [1.82, 2.24) is 0 Å². The third kappa shape index (κ3) is 3.72. The quantitative estimate of drug-likeness (QED) is 0.736. The van der Waals surface area contributed by atoms with Gasteiger partial charge in [-0.3, -0.25) is 4.79 Å². The predicted molar refractivity (Wildman–Crippen MR) is 70.4 cm³/mol. The number of hydrogen-bond donors (Lipinski definition) is 3. The van der Waals surface area contributed by atoms with Crippen LogP contribution in [0.5, 0.6) is 5.75 Å². The van der Waals surface area contributed by atoms with Crippen molar-refractivity contribution in [3.63, 3.8) is 0 Å². The Morgan fingerprint density at radius 3 is 2.67 bits per heavy atom. The fourth-order valence-electron chi connectivity index (χ4n) is 1.37. The first-order valence-corrected chi connectivity index (χ1v) is 5.85. The van der Waals surface area contributed by atoms with Gasteiger partial charge in [-0.25, -0.2) is 0 Å². The first-order valence-electron chi connectivity index (χ1n) is 5.85. The van der Waals surface area contributed by atoms with Crippen LogP contribution in [0.3, 0.4) is 0 Å². The van der Waals surface area contributed by atoms with Gasteiger partial charge in [0, 0.05) is 11.3 Å². The van der Waals surface area contributed by atoms with Crippen LogP contribution in [0.2, 0.25) is 0 Å². The minimum atomic E-state index is -0.946. The van der Waals surface area contributed by atoms with Gasteiger partial charge in [0.15, 0.2) is 0 Å². The lowest BCUT2D eigenvalue weighted by atomic mass is 10.1. The number of aliphatic hydroxyl groups excluding tert-OH is 1. The molecule has 0 fully saturated rings. The Balaban J connectivity index is 2.89. The van der Waals surface area contributed by atoms with E-state index in [2.05, 4.69) is 5.32 Å². The van der Waals surface area contributed by atoms with Crippen LogP contribution < -0.4 is 15.8 Å². The fourth-order valence-corrected chi connectivity index (χ4v) is 1.37. The van der Waals surface area contributed by atoms with Gasteiger partial charge in [0.25, 0.3) is 0 Å². The molecule has 0 radical (unpaired) electrons. The molecule has 4 N–H and O–H groups in total. The standard InChI is InChI=1S/C13H20N2O3/c1-4-18-11-6-5-10(7-9(11)8-16)15-12(17)13(2,3)14/h5-7,16H,4,8,14H2,1-3H3,(H,15,17). The lowest BCUT2D eigenvalue weighted by Gasteiger charge is -2.18. The number of carbonyl (C=O) groups is 1. The zero-order chi connectivity index (χ0) is 13.8. The molecule has 5 heteroatoms. The molecule has 0 aliphatic carbocycles. The number of hydrogen-bond acceptors (Lipinski definition) is 4. The van der Waals surface area contributed by atoms with Crippen LogP contribution in [0.25, 0.3) is 0 Å². The topological polar surface area (TPSA) is 84.6 Å². The summed E-state index contributed by atoms with van der Waals surface area (Å²) in [6.45, 7) is 5.50. The Hall–Kier alpha value is -1.59. The van der Waals surface area contributed by atoms with Gasteiger partial charge in [-0.05, 0) is 39.0 Å². The summed E-state index contributed by atoms with van der Waals surface area (Å²) in [5, 5.41) is 11.9. The lowest BCUT2D eigenvalue weighted by molar-refractivity contribution is -0.120. The van der Waals surface area contributed by atoms with Crippen molar-refractivity contribution in [3.05, 3.63) is 23.8 Å². The molecule has 0 saturated heterocycles. The Bertz CT molecular complexity index is 425. The molecule has 1 rings (SSSR count). The Labute approximate surface area is 107 Å². The average molecular weight is 252 g/mol. The molecule has 0 unspecified atom stereocenters. The highest BCUT2D eigenvalue weighted by Gasteiger charge is 2.21. The van der Waals surface area contributed by atoms with Crippen molar-refractivity contribution < 1.29 is 14.6 Å². The van der Waals surface area contributed by atoms with E-state index in [-0.39, 0.29) is 12.5 Å². The summed E-state index contributed by atoms with van der Waals surface area (Å²) < 4.78 is 5.36. The molecule has 0 bridgehead atoms. The summed E-state index contributed by atoms with van der Waals surface area (Å²) in [4.78, 5) is 11.7. The maximum atomic E-state index is 11.7. The number of amides is 1. The van der Waals surface area contributed by atoms with E-state index in [0.29, 0.717) is 23.6 Å². The van der Waals surface area contributed by atoms with E-state index < -0.39 is 5.54 Å². The fraction of sp³-hybridized carbons (Fsp3) is 0.462. The Kier molecular flexibility index (Phi) is 4.69. The van der Waals surface area contributed by atoms with Crippen LogP contribution in [0.15, 0.2) is 18.2 Å². The Morgan fingerprint density at radius 1 is 1.50 bits per heavy atom. The summed E-state index contributed by atoms with van der Waals surface area (Å²) in [7, 11) is 0. The molecule has 0 aromatic heterocycles. The highest BCUT2D eigenvalue weighted by molar-refractivity contribution is 5.97. The number of rotatable bonds is 5.